The first kappa shape index (κ1) is 16.0. The Bertz CT molecular complexity index is 912. The van der Waals surface area contributed by atoms with Crippen molar-refractivity contribution in [2.75, 3.05) is 0 Å². The Balaban J connectivity index is 1.92. The fraction of sp³-hybridized carbons (Fsp3) is 0.0556. The largest absolute Gasteiger partial charge is 0.347 e. The molecular weight excluding hydrogens is 368 g/mol. The van der Waals surface area contributed by atoms with Crippen molar-refractivity contribution in [2.24, 2.45) is 0 Å². The average molecular weight is 381 g/mol. The van der Waals surface area contributed by atoms with Crippen LogP contribution >= 0.6 is 15.9 Å². The fourth-order valence-corrected chi connectivity index (χ4v) is 2.85. The molecule has 3 aromatic rings. The summed E-state index contributed by atoms with van der Waals surface area (Å²) in [5.41, 5.74) is 2.33. The van der Waals surface area contributed by atoms with Crippen molar-refractivity contribution in [2.45, 2.75) is 6.54 Å². The van der Waals surface area contributed by atoms with Gasteiger partial charge in [-0.15, -0.1) is 0 Å². The Kier molecular flexibility index (Phi) is 4.73. The Morgan fingerprint density at radius 1 is 1.25 bits per heavy atom. The highest BCUT2D eigenvalue weighted by Crippen LogP contribution is 2.24. The summed E-state index contributed by atoms with van der Waals surface area (Å²) >= 11 is 3.48. The Morgan fingerprint density at radius 2 is 2.08 bits per heavy atom. The van der Waals surface area contributed by atoms with E-state index >= 15 is 0 Å². The van der Waals surface area contributed by atoms with Gasteiger partial charge < -0.3 is 9.88 Å². The van der Waals surface area contributed by atoms with Crippen molar-refractivity contribution in [3.8, 4) is 11.8 Å². The second-order valence-electron chi connectivity index (χ2n) is 5.06. The average Bonchev–Trinajstić information content (AvgIpc) is 3.05. The maximum Gasteiger partial charge on any atom is 0.269 e. The molecule has 0 atom stereocenters. The molecule has 2 heterocycles. The van der Waals surface area contributed by atoms with E-state index in [0.29, 0.717) is 17.8 Å². The quantitative estimate of drug-likeness (QED) is 0.753. The van der Waals surface area contributed by atoms with Crippen LogP contribution in [-0.2, 0) is 6.54 Å². The van der Waals surface area contributed by atoms with Gasteiger partial charge in [0.25, 0.3) is 5.91 Å². The molecule has 3 rings (SSSR count). The standard InChI is InChI=1S/C18H13BrN4O/c19-15-5-1-2-6-16(15)23-9-7-14(10-20)17(23)18(24)22-12-13-4-3-8-21-11-13/h1-9,11H,12H2,(H,22,24). The number of carbonyl (C=O) groups is 1. The maximum atomic E-state index is 12.6. The summed E-state index contributed by atoms with van der Waals surface area (Å²) in [6.07, 6.45) is 5.09. The number of pyridine rings is 1. The molecule has 0 radical (unpaired) electrons. The molecule has 0 aliphatic rings. The van der Waals surface area contributed by atoms with Crippen molar-refractivity contribution in [1.82, 2.24) is 14.9 Å². The SMILES string of the molecule is N#Cc1ccn(-c2ccccc2Br)c1C(=O)NCc1cccnc1. The minimum Gasteiger partial charge on any atom is -0.347 e. The number of benzene rings is 1. The molecule has 6 heteroatoms. The number of aromatic nitrogens is 2. The molecule has 5 nitrogen and oxygen atoms in total. The number of halogens is 1. The fourth-order valence-electron chi connectivity index (χ4n) is 2.37. The van der Waals surface area contributed by atoms with Gasteiger partial charge in [0.2, 0.25) is 0 Å². The number of hydrogen-bond acceptors (Lipinski definition) is 3. The van der Waals surface area contributed by atoms with E-state index in [4.69, 9.17) is 0 Å². The first-order valence-electron chi connectivity index (χ1n) is 7.24. The lowest BCUT2D eigenvalue weighted by atomic mass is 10.2. The molecule has 0 fully saturated rings. The third-order valence-electron chi connectivity index (χ3n) is 3.51. The third-order valence-corrected chi connectivity index (χ3v) is 4.18. The second kappa shape index (κ2) is 7.11. The molecule has 0 unspecified atom stereocenters. The van der Waals surface area contributed by atoms with Crippen LogP contribution in [0.1, 0.15) is 21.6 Å². The summed E-state index contributed by atoms with van der Waals surface area (Å²) in [5.74, 6) is -0.309. The minimum atomic E-state index is -0.309. The molecule has 0 saturated heterocycles. The normalized spacial score (nSPS) is 10.2. The van der Waals surface area contributed by atoms with Crippen LogP contribution < -0.4 is 5.32 Å². The van der Waals surface area contributed by atoms with Gasteiger partial charge in [-0.3, -0.25) is 9.78 Å². The maximum absolute atomic E-state index is 12.6. The van der Waals surface area contributed by atoms with Crippen molar-refractivity contribution < 1.29 is 4.79 Å². The first-order valence-corrected chi connectivity index (χ1v) is 8.03. The van der Waals surface area contributed by atoms with Crippen molar-refractivity contribution in [1.29, 1.82) is 5.26 Å². The topological polar surface area (TPSA) is 70.7 Å². The predicted molar refractivity (Wildman–Crippen MR) is 93.6 cm³/mol. The molecule has 0 saturated carbocycles. The summed E-state index contributed by atoms with van der Waals surface area (Å²) in [7, 11) is 0. The van der Waals surface area contributed by atoms with E-state index < -0.39 is 0 Å². The van der Waals surface area contributed by atoms with E-state index in [2.05, 4.69) is 32.3 Å². The highest BCUT2D eigenvalue weighted by molar-refractivity contribution is 9.10. The lowest BCUT2D eigenvalue weighted by Gasteiger charge is -2.12. The molecule has 1 N–H and O–H groups in total. The molecule has 2 aromatic heterocycles. The van der Waals surface area contributed by atoms with Gasteiger partial charge in [0.05, 0.1) is 11.3 Å². The summed E-state index contributed by atoms with van der Waals surface area (Å²) in [6, 6.07) is 14.9. The summed E-state index contributed by atoms with van der Waals surface area (Å²) in [4.78, 5) is 16.7. The summed E-state index contributed by atoms with van der Waals surface area (Å²) < 4.78 is 2.55. The highest BCUT2D eigenvalue weighted by Gasteiger charge is 2.19. The van der Waals surface area contributed by atoms with Crippen molar-refractivity contribution in [3.05, 3.63) is 82.3 Å². The lowest BCUT2D eigenvalue weighted by molar-refractivity contribution is 0.0944. The van der Waals surface area contributed by atoms with Crippen LogP contribution in [0, 0.1) is 11.3 Å². The molecule has 118 valence electrons. The van der Waals surface area contributed by atoms with E-state index in [-0.39, 0.29) is 5.91 Å². The van der Waals surface area contributed by atoms with E-state index in [1.165, 1.54) is 0 Å². The zero-order valence-corrected chi connectivity index (χ0v) is 14.2. The number of rotatable bonds is 4. The number of carbonyl (C=O) groups excluding carboxylic acids is 1. The van der Waals surface area contributed by atoms with Crippen LogP contribution in [0.3, 0.4) is 0 Å². The zero-order chi connectivity index (χ0) is 16.9. The van der Waals surface area contributed by atoms with Gasteiger partial charge in [-0.05, 0) is 45.8 Å². The van der Waals surface area contributed by atoms with Gasteiger partial charge >= 0.3 is 0 Å². The van der Waals surface area contributed by atoms with Crippen molar-refractivity contribution in [3.63, 3.8) is 0 Å². The van der Waals surface area contributed by atoms with E-state index in [1.807, 2.05) is 36.4 Å². The molecule has 24 heavy (non-hydrogen) atoms. The smallest absolute Gasteiger partial charge is 0.269 e. The number of hydrogen-bond donors (Lipinski definition) is 1. The van der Waals surface area contributed by atoms with Crippen LogP contribution in [0.25, 0.3) is 5.69 Å². The Labute approximate surface area is 147 Å². The molecular formula is C18H13BrN4O. The molecule has 1 aromatic carbocycles. The van der Waals surface area contributed by atoms with Gasteiger partial charge in [0, 0.05) is 29.6 Å². The monoisotopic (exact) mass is 380 g/mol. The highest BCUT2D eigenvalue weighted by atomic mass is 79.9. The van der Waals surface area contributed by atoms with E-state index in [1.54, 1.807) is 29.2 Å². The third kappa shape index (κ3) is 3.21. The number of nitriles is 1. The predicted octanol–water partition coefficient (Wildman–Crippen LogP) is 3.44. The van der Waals surface area contributed by atoms with Gasteiger partial charge in [0.15, 0.2) is 0 Å². The number of nitrogens with zero attached hydrogens (tertiary/aromatic N) is 3. The van der Waals surface area contributed by atoms with Crippen LogP contribution in [0.5, 0.6) is 0 Å². The Hall–Kier alpha value is -2.91. The molecule has 0 aliphatic heterocycles. The van der Waals surface area contributed by atoms with Crippen molar-refractivity contribution >= 4 is 21.8 Å². The lowest BCUT2D eigenvalue weighted by Crippen LogP contribution is -2.26. The van der Waals surface area contributed by atoms with Crippen LogP contribution in [-0.4, -0.2) is 15.5 Å². The van der Waals surface area contributed by atoms with Gasteiger partial charge in [-0.1, -0.05) is 18.2 Å². The van der Waals surface area contributed by atoms with Gasteiger partial charge in [-0.25, -0.2) is 0 Å². The van der Waals surface area contributed by atoms with Crippen LogP contribution in [0.4, 0.5) is 0 Å². The molecule has 0 spiro atoms. The van der Waals surface area contributed by atoms with Crippen LogP contribution in [0.2, 0.25) is 0 Å². The van der Waals surface area contributed by atoms with Gasteiger partial charge in [0.1, 0.15) is 11.8 Å². The summed E-state index contributed by atoms with van der Waals surface area (Å²) in [6.45, 7) is 0.346. The number of amides is 1. The second-order valence-corrected chi connectivity index (χ2v) is 5.91. The van der Waals surface area contributed by atoms with Crippen LogP contribution in [0.15, 0.2) is 65.5 Å². The first-order chi connectivity index (χ1) is 11.7. The Morgan fingerprint density at radius 3 is 2.79 bits per heavy atom. The summed E-state index contributed by atoms with van der Waals surface area (Å²) in [5, 5.41) is 12.2. The molecule has 1 amide bonds. The zero-order valence-electron chi connectivity index (χ0n) is 12.6. The van der Waals surface area contributed by atoms with Gasteiger partial charge in [-0.2, -0.15) is 5.26 Å². The molecule has 0 aliphatic carbocycles. The number of para-hydroxylation sites is 1. The van der Waals surface area contributed by atoms with E-state index in [9.17, 15) is 10.1 Å². The van der Waals surface area contributed by atoms with E-state index in [0.717, 1.165) is 15.7 Å². The minimum absolute atomic E-state index is 0.309. The number of nitrogens with one attached hydrogen (secondary N) is 1. The molecule has 0 bridgehead atoms.